The molecule has 0 bridgehead atoms. The molecule has 30 heavy (non-hydrogen) atoms. The molecule has 0 aliphatic rings. The first-order valence-electron chi connectivity index (χ1n) is 8.89. The van der Waals surface area contributed by atoms with Crippen molar-refractivity contribution in [3.8, 4) is 10.9 Å². The second kappa shape index (κ2) is 8.05. The Morgan fingerprint density at radius 3 is 2.77 bits per heavy atom. The van der Waals surface area contributed by atoms with Crippen molar-refractivity contribution in [3.05, 3.63) is 52.0 Å². The van der Waals surface area contributed by atoms with Crippen LogP contribution in [0.15, 0.2) is 30.6 Å². The van der Waals surface area contributed by atoms with Gasteiger partial charge in [0.15, 0.2) is 5.69 Å². The number of nitro groups is 1. The van der Waals surface area contributed by atoms with Crippen molar-refractivity contribution in [2.45, 2.75) is 13.5 Å². The predicted octanol–water partition coefficient (Wildman–Crippen LogP) is 4.20. The molecule has 11 heteroatoms. The lowest BCUT2D eigenvalue weighted by Crippen LogP contribution is -2.11. The summed E-state index contributed by atoms with van der Waals surface area (Å²) in [4.78, 5) is 34.3. The molecule has 0 aliphatic heterocycles. The van der Waals surface area contributed by atoms with Crippen LogP contribution in [-0.4, -0.2) is 39.6 Å². The summed E-state index contributed by atoms with van der Waals surface area (Å²) in [5, 5.41) is 12.3. The van der Waals surface area contributed by atoms with Gasteiger partial charge in [0.2, 0.25) is 0 Å². The minimum absolute atomic E-state index is 0.120. The van der Waals surface area contributed by atoms with E-state index in [0.717, 1.165) is 23.1 Å². The standard InChI is InChI=1S/C19H16N4O6S/c1-3-28-18(24)17-10(9-27-2)15-12(7-20-17)22-11-5-4-6-13(16(11)15)29-19-21-8-14(30-19)23(25)26/h4-8,22H,3,9H2,1-2H3. The molecule has 1 N–H and O–H groups in total. The lowest BCUT2D eigenvalue weighted by Gasteiger charge is -2.10. The average Bonchev–Trinajstić information content (AvgIpc) is 3.33. The van der Waals surface area contributed by atoms with Gasteiger partial charge in [-0.2, -0.15) is 0 Å². The number of fused-ring (bicyclic) bond motifs is 3. The molecule has 4 aromatic rings. The van der Waals surface area contributed by atoms with Crippen LogP contribution in [0.2, 0.25) is 0 Å². The fourth-order valence-electron chi connectivity index (χ4n) is 3.19. The predicted molar refractivity (Wildman–Crippen MR) is 109 cm³/mol. The molecule has 10 nitrogen and oxygen atoms in total. The molecular formula is C19H16N4O6S. The van der Waals surface area contributed by atoms with Crippen LogP contribution in [0.25, 0.3) is 21.8 Å². The van der Waals surface area contributed by atoms with E-state index in [1.165, 1.54) is 7.11 Å². The first-order valence-corrected chi connectivity index (χ1v) is 9.71. The van der Waals surface area contributed by atoms with Crippen LogP contribution in [-0.2, 0) is 16.1 Å². The molecule has 4 rings (SSSR count). The van der Waals surface area contributed by atoms with Gasteiger partial charge in [-0.15, -0.1) is 0 Å². The zero-order valence-electron chi connectivity index (χ0n) is 16.0. The van der Waals surface area contributed by atoms with Gasteiger partial charge in [0, 0.05) is 18.1 Å². The monoisotopic (exact) mass is 428 g/mol. The number of aromatic nitrogens is 3. The number of H-pyrrole nitrogens is 1. The number of nitrogens with zero attached hydrogens (tertiary/aromatic N) is 3. The van der Waals surface area contributed by atoms with Gasteiger partial charge in [-0.3, -0.25) is 10.1 Å². The summed E-state index contributed by atoms with van der Waals surface area (Å²) in [6.07, 6.45) is 2.70. The molecule has 0 unspecified atom stereocenters. The maximum atomic E-state index is 12.4. The van der Waals surface area contributed by atoms with E-state index in [-0.39, 0.29) is 29.1 Å². The summed E-state index contributed by atoms with van der Waals surface area (Å²) >= 11 is 0.828. The highest BCUT2D eigenvalue weighted by Gasteiger charge is 2.22. The molecule has 0 aliphatic carbocycles. The minimum Gasteiger partial charge on any atom is -0.461 e. The van der Waals surface area contributed by atoms with Crippen LogP contribution in [0.4, 0.5) is 5.00 Å². The Kier molecular flexibility index (Phi) is 5.29. The maximum Gasteiger partial charge on any atom is 0.357 e. The molecule has 1 aromatic carbocycles. The largest absolute Gasteiger partial charge is 0.461 e. The van der Waals surface area contributed by atoms with Crippen molar-refractivity contribution < 1.29 is 23.9 Å². The lowest BCUT2D eigenvalue weighted by atomic mass is 10.1. The van der Waals surface area contributed by atoms with Gasteiger partial charge in [-0.25, -0.2) is 14.8 Å². The summed E-state index contributed by atoms with van der Waals surface area (Å²) in [6, 6.07) is 5.36. The van der Waals surface area contributed by atoms with Crippen molar-refractivity contribution >= 4 is 44.1 Å². The Balaban J connectivity index is 1.92. The zero-order chi connectivity index (χ0) is 21.3. The number of rotatable bonds is 7. The van der Waals surface area contributed by atoms with E-state index in [1.807, 2.05) is 6.07 Å². The Morgan fingerprint density at radius 2 is 2.07 bits per heavy atom. The third-order valence-electron chi connectivity index (χ3n) is 4.33. The third-order valence-corrected chi connectivity index (χ3v) is 5.16. The van der Waals surface area contributed by atoms with E-state index in [9.17, 15) is 14.9 Å². The number of thiazole rings is 1. The molecule has 0 amide bonds. The number of nitrogens with one attached hydrogen (secondary N) is 1. The molecule has 0 spiro atoms. The topological polar surface area (TPSA) is 129 Å². The number of esters is 1. The molecule has 0 saturated carbocycles. The molecule has 0 radical (unpaired) electrons. The van der Waals surface area contributed by atoms with E-state index < -0.39 is 10.9 Å². The van der Waals surface area contributed by atoms with Crippen LogP contribution in [0, 0.1) is 10.1 Å². The number of pyridine rings is 1. The van der Waals surface area contributed by atoms with Gasteiger partial charge in [0.1, 0.15) is 11.9 Å². The van der Waals surface area contributed by atoms with Gasteiger partial charge in [0.25, 0.3) is 5.19 Å². The summed E-state index contributed by atoms with van der Waals surface area (Å²) in [5.41, 5.74) is 2.15. The van der Waals surface area contributed by atoms with E-state index in [2.05, 4.69) is 15.0 Å². The summed E-state index contributed by atoms with van der Waals surface area (Å²) < 4.78 is 16.3. The number of carbonyl (C=O) groups is 1. The van der Waals surface area contributed by atoms with E-state index >= 15 is 0 Å². The van der Waals surface area contributed by atoms with Gasteiger partial charge < -0.3 is 19.2 Å². The normalized spacial score (nSPS) is 11.1. The average molecular weight is 428 g/mol. The van der Waals surface area contributed by atoms with Gasteiger partial charge in [0.05, 0.1) is 40.8 Å². The second-order valence-electron chi connectivity index (χ2n) is 6.15. The highest BCUT2D eigenvalue weighted by atomic mass is 32.1. The number of carbonyl (C=O) groups excluding carboxylic acids is 1. The SMILES string of the molecule is CCOC(=O)c1ncc2[nH]c3cccc(Oc4ncc([N+](=O)[O-])s4)c3c2c1COC. The fraction of sp³-hybridized carbons (Fsp3) is 0.211. The summed E-state index contributed by atoms with van der Waals surface area (Å²) in [6.45, 7) is 2.07. The molecule has 154 valence electrons. The van der Waals surface area contributed by atoms with Gasteiger partial charge >= 0.3 is 11.0 Å². The van der Waals surface area contributed by atoms with Crippen LogP contribution in [0.5, 0.6) is 10.9 Å². The maximum absolute atomic E-state index is 12.4. The Labute approximate surface area is 173 Å². The van der Waals surface area contributed by atoms with Crippen molar-refractivity contribution in [3.63, 3.8) is 0 Å². The first kappa shape index (κ1) is 19.7. The van der Waals surface area contributed by atoms with Crippen molar-refractivity contribution in [2.75, 3.05) is 13.7 Å². The molecule has 0 atom stereocenters. The van der Waals surface area contributed by atoms with Crippen molar-refractivity contribution in [2.24, 2.45) is 0 Å². The number of hydrogen-bond donors (Lipinski definition) is 1. The quantitative estimate of drug-likeness (QED) is 0.263. The highest BCUT2D eigenvalue weighted by Crippen LogP contribution is 2.39. The number of benzene rings is 1. The Bertz CT molecular complexity index is 1260. The number of aromatic amines is 1. The molecule has 3 heterocycles. The Morgan fingerprint density at radius 1 is 1.23 bits per heavy atom. The number of methoxy groups -OCH3 is 1. The fourth-order valence-corrected chi connectivity index (χ4v) is 3.79. The zero-order valence-corrected chi connectivity index (χ0v) is 16.8. The first-order chi connectivity index (χ1) is 14.5. The molecule has 0 saturated heterocycles. The van der Waals surface area contributed by atoms with Crippen LogP contribution in [0.3, 0.4) is 0 Å². The minimum atomic E-state index is -0.547. The summed E-state index contributed by atoms with van der Waals surface area (Å²) in [7, 11) is 1.52. The Hall–Kier alpha value is -3.57. The van der Waals surface area contributed by atoms with Crippen molar-refractivity contribution in [1.29, 1.82) is 0 Å². The van der Waals surface area contributed by atoms with Crippen LogP contribution in [0.1, 0.15) is 23.0 Å². The van der Waals surface area contributed by atoms with E-state index in [0.29, 0.717) is 27.6 Å². The lowest BCUT2D eigenvalue weighted by molar-refractivity contribution is -0.380. The van der Waals surface area contributed by atoms with Gasteiger partial charge in [-0.05, 0) is 30.4 Å². The highest BCUT2D eigenvalue weighted by molar-refractivity contribution is 7.16. The molecule has 3 aromatic heterocycles. The number of hydrogen-bond acceptors (Lipinski definition) is 9. The molecule has 0 fully saturated rings. The van der Waals surface area contributed by atoms with E-state index in [4.69, 9.17) is 14.2 Å². The third kappa shape index (κ3) is 3.44. The van der Waals surface area contributed by atoms with Gasteiger partial charge in [-0.1, -0.05) is 6.07 Å². The number of ether oxygens (including phenoxy) is 3. The van der Waals surface area contributed by atoms with Crippen LogP contribution >= 0.6 is 11.3 Å². The molecular weight excluding hydrogens is 412 g/mol. The second-order valence-corrected chi connectivity index (χ2v) is 7.13. The van der Waals surface area contributed by atoms with E-state index in [1.54, 1.807) is 25.3 Å². The van der Waals surface area contributed by atoms with Crippen LogP contribution < -0.4 is 4.74 Å². The van der Waals surface area contributed by atoms with Crippen molar-refractivity contribution in [1.82, 2.24) is 15.0 Å². The smallest absolute Gasteiger partial charge is 0.357 e. The summed E-state index contributed by atoms with van der Waals surface area (Å²) in [5.74, 6) is -0.115.